The lowest BCUT2D eigenvalue weighted by Crippen LogP contribution is -2.52. The van der Waals surface area contributed by atoms with E-state index in [4.69, 9.17) is 0 Å². The summed E-state index contributed by atoms with van der Waals surface area (Å²) >= 11 is 0. The molecular weight excluding hydrogens is 330 g/mol. The molecule has 7 heteroatoms. The van der Waals surface area contributed by atoms with E-state index in [0.29, 0.717) is 6.54 Å². The number of hydrogen-bond donors (Lipinski definition) is 3. The average Bonchev–Trinajstić information content (AvgIpc) is 3.20. The predicted molar refractivity (Wildman–Crippen MR) is 97.7 cm³/mol. The first kappa shape index (κ1) is 16.1. The van der Waals surface area contributed by atoms with Gasteiger partial charge in [0.25, 0.3) is 0 Å². The van der Waals surface area contributed by atoms with Gasteiger partial charge < -0.3 is 20.3 Å². The molecule has 1 atom stereocenters. The number of H-pyrrole nitrogens is 1. The summed E-state index contributed by atoms with van der Waals surface area (Å²) in [6.07, 6.45) is 9.17. The fraction of sp³-hybridized carbons (Fsp3) is 0.632. The fourth-order valence-corrected chi connectivity index (χ4v) is 4.66. The average molecular weight is 355 g/mol. The molecule has 0 bridgehead atoms. The van der Waals surface area contributed by atoms with Crippen LogP contribution in [0, 0.1) is 11.3 Å². The molecule has 138 valence electrons. The zero-order valence-corrected chi connectivity index (χ0v) is 14.9. The molecule has 1 amide bonds. The summed E-state index contributed by atoms with van der Waals surface area (Å²) in [6.45, 7) is 2.09. The van der Waals surface area contributed by atoms with Crippen molar-refractivity contribution < 1.29 is 9.90 Å². The Kier molecular flexibility index (Phi) is 3.50. The van der Waals surface area contributed by atoms with Crippen LogP contribution in [-0.4, -0.2) is 51.2 Å². The third-order valence-electron chi connectivity index (χ3n) is 6.65. The van der Waals surface area contributed by atoms with Crippen LogP contribution in [0.2, 0.25) is 0 Å². The van der Waals surface area contributed by atoms with Gasteiger partial charge in [-0.3, -0.25) is 4.79 Å². The number of hydrogen-bond acceptors (Lipinski definition) is 5. The number of fused-ring (bicyclic) bond motifs is 1. The highest BCUT2D eigenvalue weighted by atomic mass is 16.3. The summed E-state index contributed by atoms with van der Waals surface area (Å²) in [5.41, 5.74) is 0.264. The van der Waals surface area contributed by atoms with Gasteiger partial charge in [0.15, 0.2) is 0 Å². The van der Waals surface area contributed by atoms with Crippen molar-refractivity contribution in [2.45, 2.75) is 44.1 Å². The van der Waals surface area contributed by atoms with Crippen molar-refractivity contribution in [2.75, 3.05) is 24.5 Å². The van der Waals surface area contributed by atoms with Crippen molar-refractivity contribution in [2.24, 2.45) is 11.3 Å². The molecule has 2 aromatic rings. The SMILES string of the molecule is O=C(NCC1(O)CCC1)C1CCN(c2ncnc3[nH]ccc23)CC12CC2. The summed E-state index contributed by atoms with van der Waals surface area (Å²) in [7, 11) is 0. The van der Waals surface area contributed by atoms with Gasteiger partial charge in [-0.15, -0.1) is 0 Å². The third kappa shape index (κ3) is 2.57. The maximum absolute atomic E-state index is 12.8. The second-order valence-corrected chi connectivity index (χ2v) is 8.36. The largest absolute Gasteiger partial charge is 0.388 e. The Morgan fingerprint density at radius 1 is 1.35 bits per heavy atom. The highest BCUT2D eigenvalue weighted by molar-refractivity contribution is 5.87. The van der Waals surface area contributed by atoms with Crippen LogP contribution in [0.15, 0.2) is 18.6 Å². The minimum atomic E-state index is -0.659. The molecule has 7 nitrogen and oxygen atoms in total. The first-order chi connectivity index (χ1) is 12.6. The lowest BCUT2D eigenvalue weighted by atomic mass is 9.79. The molecule has 2 saturated carbocycles. The van der Waals surface area contributed by atoms with Crippen LogP contribution < -0.4 is 10.2 Å². The normalized spacial score (nSPS) is 25.9. The molecule has 1 unspecified atom stereocenters. The Balaban J connectivity index is 1.30. The van der Waals surface area contributed by atoms with E-state index in [0.717, 1.165) is 68.5 Å². The summed E-state index contributed by atoms with van der Waals surface area (Å²) in [5, 5.41) is 14.3. The zero-order valence-electron chi connectivity index (χ0n) is 14.9. The number of anilines is 1. The lowest BCUT2D eigenvalue weighted by molar-refractivity contribution is -0.130. The molecule has 5 rings (SSSR count). The zero-order chi connectivity index (χ0) is 17.8. The minimum Gasteiger partial charge on any atom is -0.388 e. The van der Waals surface area contributed by atoms with Crippen LogP contribution in [0.25, 0.3) is 11.0 Å². The number of nitrogens with one attached hydrogen (secondary N) is 2. The van der Waals surface area contributed by atoms with E-state index in [9.17, 15) is 9.90 Å². The highest BCUT2D eigenvalue weighted by Crippen LogP contribution is 2.56. The van der Waals surface area contributed by atoms with Crippen molar-refractivity contribution in [1.29, 1.82) is 0 Å². The van der Waals surface area contributed by atoms with E-state index < -0.39 is 5.60 Å². The Hall–Kier alpha value is -2.15. The molecular formula is C19H25N5O2. The molecule has 1 spiro atoms. The van der Waals surface area contributed by atoms with E-state index in [1.807, 2.05) is 12.3 Å². The summed E-state index contributed by atoms with van der Waals surface area (Å²) in [6, 6.07) is 2.02. The maximum Gasteiger partial charge on any atom is 0.223 e. The molecule has 3 N–H and O–H groups in total. The monoisotopic (exact) mass is 355 g/mol. The van der Waals surface area contributed by atoms with Crippen molar-refractivity contribution in [3.8, 4) is 0 Å². The fourth-order valence-electron chi connectivity index (χ4n) is 4.66. The number of amides is 1. The standard InChI is InChI=1S/C19H25N5O2/c25-17(21-10-19(26)4-1-5-19)14-3-9-24(11-18(14)6-7-18)16-13-2-8-20-15(13)22-12-23-16/h2,8,12,14,26H,1,3-7,9-11H2,(H,21,25)(H,20,22,23). The summed E-state index contributed by atoms with van der Waals surface area (Å²) in [5.74, 6) is 1.13. The summed E-state index contributed by atoms with van der Waals surface area (Å²) < 4.78 is 0. The summed E-state index contributed by atoms with van der Waals surface area (Å²) in [4.78, 5) is 27.0. The predicted octanol–water partition coefficient (Wildman–Crippen LogP) is 1.60. The van der Waals surface area contributed by atoms with Gasteiger partial charge >= 0.3 is 0 Å². The molecule has 3 heterocycles. The van der Waals surface area contributed by atoms with Crippen molar-refractivity contribution in [3.63, 3.8) is 0 Å². The van der Waals surface area contributed by atoms with E-state index in [1.54, 1.807) is 6.33 Å². The van der Waals surface area contributed by atoms with Gasteiger partial charge in [-0.1, -0.05) is 0 Å². The quantitative estimate of drug-likeness (QED) is 0.774. The Labute approximate surface area is 152 Å². The molecule has 2 aliphatic carbocycles. The number of nitrogens with zero attached hydrogens (tertiary/aromatic N) is 3. The van der Waals surface area contributed by atoms with Gasteiger partial charge in [0.2, 0.25) is 5.91 Å². The van der Waals surface area contributed by atoms with Crippen molar-refractivity contribution in [3.05, 3.63) is 18.6 Å². The highest BCUT2D eigenvalue weighted by Gasteiger charge is 2.55. The van der Waals surface area contributed by atoms with E-state index in [1.165, 1.54) is 0 Å². The van der Waals surface area contributed by atoms with Crippen molar-refractivity contribution in [1.82, 2.24) is 20.3 Å². The van der Waals surface area contributed by atoms with E-state index >= 15 is 0 Å². The van der Waals surface area contributed by atoms with Crippen molar-refractivity contribution >= 4 is 22.8 Å². The van der Waals surface area contributed by atoms with Crippen LogP contribution in [-0.2, 0) is 4.79 Å². The topological polar surface area (TPSA) is 94.1 Å². The number of carbonyl (C=O) groups excluding carboxylic acids is 1. The maximum atomic E-state index is 12.8. The number of rotatable bonds is 4. The Bertz CT molecular complexity index is 839. The molecule has 3 fully saturated rings. The van der Waals surface area contributed by atoms with Gasteiger partial charge in [-0.2, -0.15) is 0 Å². The van der Waals surface area contributed by atoms with Gasteiger partial charge in [0.1, 0.15) is 17.8 Å². The van der Waals surface area contributed by atoms with E-state index in [-0.39, 0.29) is 17.2 Å². The van der Waals surface area contributed by atoms with Crippen LogP contribution in [0.5, 0.6) is 0 Å². The number of aromatic nitrogens is 3. The number of carbonyl (C=O) groups is 1. The van der Waals surface area contributed by atoms with Gasteiger partial charge in [0, 0.05) is 31.7 Å². The number of aromatic amines is 1. The lowest BCUT2D eigenvalue weighted by Gasteiger charge is -2.40. The minimum absolute atomic E-state index is 0.0472. The molecule has 1 saturated heterocycles. The number of aliphatic hydroxyl groups is 1. The molecule has 0 aromatic carbocycles. The first-order valence-corrected chi connectivity index (χ1v) is 9.62. The van der Waals surface area contributed by atoms with Crippen LogP contribution in [0.1, 0.15) is 38.5 Å². The molecule has 1 aliphatic heterocycles. The van der Waals surface area contributed by atoms with Crippen LogP contribution in [0.3, 0.4) is 0 Å². The second-order valence-electron chi connectivity index (χ2n) is 8.36. The Morgan fingerprint density at radius 3 is 2.92 bits per heavy atom. The van der Waals surface area contributed by atoms with E-state index in [2.05, 4.69) is 25.2 Å². The smallest absolute Gasteiger partial charge is 0.223 e. The Morgan fingerprint density at radius 2 is 2.19 bits per heavy atom. The first-order valence-electron chi connectivity index (χ1n) is 9.62. The molecule has 2 aromatic heterocycles. The molecule has 0 radical (unpaired) electrons. The van der Waals surface area contributed by atoms with Gasteiger partial charge in [-0.25, -0.2) is 9.97 Å². The van der Waals surface area contributed by atoms with Gasteiger partial charge in [0.05, 0.1) is 11.0 Å². The van der Waals surface area contributed by atoms with Crippen LogP contribution >= 0.6 is 0 Å². The third-order valence-corrected chi connectivity index (χ3v) is 6.65. The van der Waals surface area contributed by atoms with Crippen LogP contribution in [0.4, 0.5) is 5.82 Å². The second kappa shape index (κ2) is 5.67. The molecule has 26 heavy (non-hydrogen) atoms. The molecule has 3 aliphatic rings. The number of piperidine rings is 1. The van der Waals surface area contributed by atoms with Gasteiger partial charge in [-0.05, 0) is 50.0 Å².